The lowest BCUT2D eigenvalue weighted by Crippen LogP contribution is -2.51. The summed E-state index contributed by atoms with van der Waals surface area (Å²) in [5.41, 5.74) is 0. The average molecular weight is 261 g/mol. The third-order valence-electron chi connectivity index (χ3n) is 3.92. The summed E-state index contributed by atoms with van der Waals surface area (Å²) >= 11 is 0. The molecule has 0 aromatic heterocycles. The number of hydrogen-bond acceptors (Lipinski definition) is 4. The predicted molar refractivity (Wildman–Crippen MR) is 67.9 cm³/mol. The Hall–Kier alpha value is -0.130. The summed E-state index contributed by atoms with van der Waals surface area (Å²) < 4.78 is 28.9. The number of rotatable bonds is 3. The molecule has 2 fully saturated rings. The third-order valence-corrected chi connectivity index (χ3v) is 5.59. The molecule has 0 unspecified atom stereocenters. The van der Waals surface area contributed by atoms with Gasteiger partial charge in [-0.05, 0) is 25.7 Å². The van der Waals surface area contributed by atoms with Gasteiger partial charge in [0.1, 0.15) is 0 Å². The Morgan fingerprint density at radius 3 is 2.35 bits per heavy atom. The molecule has 2 aliphatic rings. The summed E-state index contributed by atoms with van der Waals surface area (Å²) in [6.07, 6.45) is 7.40. The van der Waals surface area contributed by atoms with Crippen LogP contribution in [0.3, 0.4) is 0 Å². The fourth-order valence-electron chi connectivity index (χ4n) is 2.97. The second-order valence-corrected chi connectivity index (χ2v) is 7.58. The summed E-state index contributed by atoms with van der Waals surface area (Å²) in [6.45, 7) is 1.60. The summed E-state index contributed by atoms with van der Waals surface area (Å²) in [5, 5.41) is 3.37. The highest BCUT2D eigenvalue weighted by Gasteiger charge is 2.33. The first-order valence-corrected chi connectivity index (χ1v) is 8.55. The largest absolute Gasteiger partial charge is 0.381 e. The summed E-state index contributed by atoms with van der Waals surface area (Å²) in [7, 11) is -2.92. The van der Waals surface area contributed by atoms with Crippen LogP contribution in [-0.4, -0.2) is 45.2 Å². The fraction of sp³-hybridized carbons (Fsp3) is 1.00. The number of nitrogens with one attached hydrogen (secondary N) is 1. The zero-order valence-corrected chi connectivity index (χ0v) is 11.3. The fourth-order valence-corrected chi connectivity index (χ4v) is 4.37. The van der Waals surface area contributed by atoms with Crippen molar-refractivity contribution in [1.29, 1.82) is 0 Å². The summed E-state index contributed by atoms with van der Waals surface area (Å²) in [6, 6.07) is 0.595. The maximum Gasteiger partial charge on any atom is 0.151 e. The highest BCUT2D eigenvalue weighted by Crippen LogP contribution is 2.25. The monoisotopic (exact) mass is 261 g/mol. The first-order chi connectivity index (χ1) is 8.07. The van der Waals surface area contributed by atoms with E-state index in [-0.39, 0.29) is 11.3 Å². The Balaban J connectivity index is 1.96. The highest BCUT2D eigenvalue weighted by molar-refractivity contribution is 7.91. The predicted octanol–water partition coefficient (Wildman–Crippen LogP) is 1.11. The van der Waals surface area contributed by atoms with Crippen LogP contribution < -0.4 is 5.32 Å². The molecule has 4 nitrogen and oxygen atoms in total. The Labute approximate surface area is 104 Å². The van der Waals surface area contributed by atoms with Crippen LogP contribution in [0, 0.1) is 0 Å². The lowest BCUT2D eigenvalue weighted by atomic mass is 9.93. The molecule has 100 valence electrons. The van der Waals surface area contributed by atoms with E-state index in [0.29, 0.717) is 6.04 Å². The zero-order chi connectivity index (χ0) is 12.3. The molecule has 0 radical (unpaired) electrons. The molecule has 1 N–H and O–H groups in total. The Kier molecular flexibility index (Phi) is 4.44. The normalized spacial score (nSPS) is 32.5. The smallest absolute Gasteiger partial charge is 0.151 e. The van der Waals surface area contributed by atoms with Crippen molar-refractivity contribution >= 4 is 9.84 Å². The molecule has 1 saturated carbocycles. The molecule has 0 spiro atoms. The van der Waals surface area contributed by atoms with E-state index in [0.717, 1.165) is 51.7 Å². The first kappa shape index (κ1) is 13.3. The highest BCUT2D eigenvalue weighted by atomic mass is 32.2. The first-order valence-electron chi connectivity index (χ1n) is 6.60. The molecule has 1 aliphatic carbocycles. The Morgan fingerprint density at radius 1 is 1.06 bits per heavy atom. The van der Waals surface area contributed by atoms with Gasteiger partial charge in [-0.25, -0.2) is 8.42 Å². The molecule has 1 aliphatic heterocycles. The second-order valence-electron chi connectivity index (χ2n) is 5.31. The lowest BCUT2D eigenvalue weighted by molar-refractivity contribution is 0.0734. The minimum Gasteiger partial charge on any atom is -0.381 e. The quantitative estimate of drug-likeness (QED) is 0.827. The van der Waals surface area contributed by atoms with E-state index >= 15 is 0 Å². The van der Waals surface area contributed by atoms with E-state index in [1.54, 1.807) is 0 Å². The van der Waals surface area contributed by atoms with Gasteiger partial charge in [0.05, 0.1) is 5.25 Å². The van der Waals surface area contributed by atoms with Crippen molar-refractivity contribution in [3.63, 3.8) is 0 Å². The number of ether oxygens (including phenoxy) is 1. The molecule has 5 heteroatoms. The van der Waals surface area contributed by atoms with E-state index in [4.69, 9.17) is 4.74 Å². The Morgan fingerprint density at radius 2 is 1.71 bits per heavy atom. The second kappa shape index (κ2) is 5.67. The van der Waals surface area contributed by atoms with Crippen molar-refractivity contribution in [2.45, 2.75) is 55.9 Å². The van der Waals surface area contributed by atoms with Crippen LogP contribution in [-0.2, 0) is 14.6 Å². The van der Waals surface area contributed by atoms with E-state index in [2.05, 4.69) is 5.32 Å². The minimum absolute atomic E-state index is 0.154. The van der Waals surface area contributed by atoms with Crippen LogP contribution in [0.5, 0.6) is 0 Å². The van der Waals surface area contributed by atoms with E-state index in [1.165, 1.54) is 6.26 Å². The van der Waals surface area contributed by atoms with Crippen molar-refractivity contribution in [3.8, 4) is 0 Å². The maximum absolute atomic E-state index is 11.8. The van der Waals surface area contributed by atoms with Crippen molar-refractivity contribution < 1.29 is 13.2 Å². The number of hydrogen-bond donors (Lipinski definition) is 1. The van der Waals surface area contributed by atoms with Crippen LogP contribution in [0.25, 0.3) is 0 Å². The lowest BCUT2D eigenvalue weighted by Gasteiger charge is -2.35. The van der Waals surface area contributed by atoms with Crippen LogP contribution in [0.1, 0.15) is 38.5 Å². The molecule has 2 atom stereocenters. The van der Waals surface area contributed by atoms with Gasteiger partial charge in [-0.15, -0.1) is 0 Å². The van der Waals surface area contributed by atoms with Crippen molar-refractivity contribution in [1.82, 2.24) is 5.32 Å². The molecule has 0 aromatic carbocycles. The molecule has 0 aromatic rings. The average Bonchev–Trinajstić information content (AvgIpc) is 2.30. The van der Waals surface area contributed by atoms with Gasteiger partial charge < -0.3 is 10.1 Å². The van der Waals surface area contributed by atoms with Gasteiger partial charge in [0.25, 0.3) is 0 Å². The zero-order valence-electron chi connectivity index (χ0n) is 10.5. The van der Waals surface area contributed by atoms with Gasteiger partial charge >= 0.3 is 0 Å². The molecule has 0 bridgehead atoms. The van der Waals surface area contributed by atoms with Gasteiger partial charge in [-0.1, -0.05) is 12.8 Å². The summed E-state index contributed by atoms with van der Waals surface area (Å²) in [4.78, 5) is 0. The van der Waals surface area contributed by atoms with Gasteiger partial charge in [-0.2, -0.15) is 0 Å². The van der Waals surface area contributed by atoms with Crippen LogP contribution in [0.2, 0.25) is 0 Å². The molecule has 17 heavy (non-hydrogen) atoms. The molecule has 0 amide bonds. The number of sulfone groups is 1. The van der Waals surface area contributed by atoms with Gasteiger partial charge in [-0.3, -0.25) is 0 Å². The standard InChI is InChI=1S/C12H23NO3S/c1-17(14,15)12-5-3-2-4-11(12)13-10-6-8-16-9-7-10/h10-13H,2-9H2,1H3/t11-,12+/m1/s1. The minimum atomic E-state index is -2.92. The molecule has 1 heterocycles. The molecular formula is C12H23NO3S. The summed E-state index contributed by atoms with van der Waals surface area (Å²) in [5.74, 6) is 0. The van der Waals surface area contributed by atoms with Gasteiger partial charge in [0.15, 0.2) is 9.84 Å². The molecule has 2 rings (SSSR count). The van der Waals surface area contributed by atoms with Crippen LogP contribution in [0.4, 0.5) is 0 Å². The maximum atomic E-state index is 11.8. The topological polar surface area (TPSA) is 55.4 Å². The van der Waals surface area contributed by atoms with Crippen molar-refractivity contribution in [3.05, 3.63) is 0 Å². The van der Waals surface area contributed by atoms with Gasteiger partial charge in [0.2, 0.25) is 0 Å². The van der Waals surface area contributed by atoms with Crippen molar-refractivity contribution in [2.75, 3.05) is 19.5 Å². The van der Waals surface area contributed by atoms with Crippen LogP contribution in [0.15, 0.2) is 0 Å². The van der Waals surface area contributed by atoms with Crippen molar-refractivity contribution in [2.24, 2.45) is 0 Å². The van der Waals surface area contributed by atoms with Crippen LogP contribution >= 0.6 is 0 Å². The molecular weight excluding hydrogens is 238 g/mol. The van der Waals surface area contributed by atoms with Gasteiger partial charge in [0, 0.05) is 31.6 Å². The third kappa shape index (κ3) is 3.66. The SMILES string of the molecule is CS(=O)(=O)[C@H]1CCCC[C@H]1NC1CCOCC1. The van der Waals surface area contributed by atoms with E-state index in [9.17, 15) is 8.42 Å². The van der Waals surface area contributed by atoms with E-state index in [1.807, 2.05) is 0 Å². The Bertz CT molecular complexity index is 336. The molecule has 1 saturated heterocycles. The van der Waals surface area contributed by atoms with E-state index < -0.39 is 9.84 Å².